The minimum atomic E-state index is -0.981. The maximum Gasteiger partial charge on any atom is 0.335 e. The summed E-state index contributed by atoms with van der Waals surface area (Å²) in [5.74, 6) is -0.981. The lowest BCUT2D eigenvalue weighted by Gasteiger charge is -2.07. The molecule has 0 spiro atoms. The molecule has 78 valence electrons. The van der Waals surface area contributed by atoms with Crippen molar-refractivity contribution >= 4 is 5.97 Å². The van der Waals surface area contributed by atoms with Gasteiger partial charge in [0.1, 0.15) is 0 Å². The average Bonchev–Trinajstić information content (AvgIpc) is 2.26. The van der Waals surface area contributed by atoms with Crippen LogP contribution in [0.5, 0.6) is 0 Å². The van der Waals surface area contributed by atoms with E-state index in [9.17, 15) is 4.79 Å². The summed E-state index contributed by atoms with van der Waals surface area (Å²) in [6.07, 6.45) is 0.584. The lowest BCUT2D eigenvalue weighted by atomic mass is 9.97. The first-order valence-corrected chi connectivity index (χ1v) is 4.63. The Kier molecular flexibility index (Phi) is 3.42. The highest BCUT2D eigenvalue weighted by atomic mass is 16.4. The van der Waals surface area contributed by atoms with Crippen molar-refractivity contribution in [2.75, 3.05) is 0 Å². The Morgan fingerprint density at radius 1 is 1.53 bits per heavy atom. The van der Waals surface area contributed by atoms with Gasteiger partial charge in [0.15, 0.2) is 0 Å². The van der Waals surface area contributed by atoms with Crippen LogP contribution in [-0.2, 0) is 13.0 Å². The fourth-order valence-electron chi connectivity index (χ4n) is 1.45. The quantitative estimate of drug-likeness (QED) is 0.776. The number of benzene rings is 1. The molecule has 4 nitrogen and oxygen atoms in total. The van der Waals surface area contributed by atoms with E-state index in [0.717, 1.165) is 0 Å². The summed E-state index contributed by atoms with van der Waals surface area (Å²) in [6.45, 7) is 2.03. The molecule has 0 aliphatic heterocycles. The number of nitriles is 1. The monoisotopic (exact) mass is 204 g/mol. The summed E-state index contributed by atoms with van der Waals surface area (Å²) in [4.78, 5) is 10.9. The van der Waals surface area contributed by atoms with Crippen molar-refractivity contribution in [3.63, 3.8) is 0 Å². The Bertz CT molecular complexity index is 433. The predicted octanol–water partition coefficient (Wildman–Crippen LogP) is 1.28. The fraction of sp³-hybridized carbons (Fsp3) is 0.273. The van der Waals surface area contributed by atoms with Gasteiger partial charge in [-0.15, -0.1) is 0 Å². The molecule has 0 aromatic heterocycles. The zero-order valence-electron chi connectivity index (χ0n) is 8.45. The normalized spacial score (nSPS) is 9.67. The summed E-state index contributed by atoms with van der Waals surface area (Å²) in [5.41, 5.74) is 7.37. The maximum absolute atomic E-state index is 10.9. The van der Waals surface area contributed by atoms with Gasteiger partial charge in [-0.1, -0.05) is 6.92 Å². The van der Waals surface area contributed by atoms with Crippen molar-refractivity contribution in [1.82, 2.24) is 0 Å². The average molecular weight is 204 g/mol. The molecule has 0 amide bonds. The predicted molar refractivity (Wildman–Crippen MR) is 55.4 cm³/mol. The Morgan fingerprint density at radius 2 is 2.20 bits per heavy atom. The highest BCUT2D eigenvalue weighted by molar-refractivity contribution is 5.90. The van der Waals surface area contributed by atoms with Crippen LogP contribution in [0.15, 0.2) is 12.1 Å². The number of aryl methyl sites for hydroxylation is 1. The summed E-state index contributed by atoms with van der Waals surface area (Å²) in [6, 6.07) is 5.10. The van der Waals surface area contributed by atoms with Gasteiger partial charge in [0.05, 0.1) is 17.2 Å². The Balaban J connectivity index is 3.42. The van der Waals surface area contributed by atoms with Crippen LogP contribution in [0.2, 0.25) is 0 Å². The SMILES string of the molecule is CCc1cc(C#N)c(CN)cc1C(=O)O. The van der Waals surface area contributed by atoms with Crippen molar-refractivity contribution in [3.8, 4) is 6.07 Å². The number of hydrogen-bond donors (Lipinski definition) is 2. The number of hydrogen-bond acceptors (Lipinski definition) is 3. The molecule has 0 unspecified atom stereocenters. The molecule has 0 bridgehead atoms. The lowest BCUT2D eigenvalue weighted by Crippen LogP contribution is -2.07. The van der Waals surface area contributed by atoms with Gasteiger partial charge in [-0.3, -0.25) is 0 Å². The second-order valence-electron chi connectivity index (χ2n) is 3.14. The van der Waals surface area contributed by atoms with Crippen molar-refractivity contribution in [2.24, 2.45) is 5.73 Å². The second kappa shape index (κ2) is 4.58. The first-order valence-electron chi connectivity index (χ1n) is 4.63. The molecule has 1 aromatic rings. The van der Waals surface area contributed by atoms with Crippen molar-refractivity contribution in [3.05, 3.63) is 34.4 Å². The number of aromatic carboxylic acids is 1. The van der Waals surface area contributed by atoms with E-state index >= 15 is 0 Å². The molecule has 1 aromatic carbocycles. The Labute approximate surface area is 87.9 Å². The highest BCUT2D eigenvalue weighted by Gasteiger charge is 2.12. The van der Waals surface area contributed by atoms with E-state index in [1.807, 2.05) is 13.0 Å². The molecule has 15 heavy (non-hydrogen) atoms. The summed E-state index contributed by atoms with van der Waals surface area (Å²) >= 11 is 0. The van der Waals surface area contributed by atoms with Crippen molar-refractivity contribution in [1.29, 1.82) is 5.26 Å². The zero-order valence-corrected chi connectivity index (χ0v) is 8.45. The van der Waals surface area contributed by atoms with Crippen molar-refractivity contribution < 1.29 is 9.90 Å². The van der Waals surface area contributed by atoms with E-state index in [0.29, 0.717) is 23.1 Å². The van der Waals surface area contributed by atoms with Crippen LogP contribution in [0.4, 0.5) is 0 Å². The third kappa shape index (κ3) is 2.14. The van der Waals surface area contributed by atoms with Gasteiger partial charge in [-0.05, 0) is 29.7 Å². The van der Waals surface area contributed by atoms with Gasteiger partial charge in [-0.25, -0.2) is 4.79 Å². The molecule has 0 saturated carbocycles. The Hall–Kier alpha value is -1.86. The topological polar surface area (TPSA) is 87.1 Å². The smallest absolute Gasteiger partial charge is 0.335 e. The van der Waals surface area contributed by atoms with E-state index in [1.165, 1.54) is 6.07 Å². The van der Waals surface area contributed by atoms with Crippen LogP contribution in [-0.4, -0.2) is 11.1 Å². The van der Waals surface area contributed by atoms with Crippen LogP contribution in [0.3, 0.4) is 0 Å². The van der Waals surface area contributed by atoms with Crippen molar-refractivity contribution in [2.45, 2.75) is 19.9 Å². The first-order chi connectivity index (χ1) is 7.13. The largest absolute Gasteiger partial charge is 0.478 e. The third-order valence-corrected chi connectivity index (χ3v) is 2.28. The fourth-order valence-corrected chi connectivity index (χ4v) is 1.45. The van der Waals surface area contributed by atoms with Crippen LogP contribution in [0, 0.1) is 11.3 Å². The molecule has 0 radical (unpaired) electrons. The van der Waals surface area contributed by atoms with Gasteiger partial charge in [0, 0.05) is 6.54 Å². The minimum Gasteiger partial charge on any atom is -0.478 e. The van der Waals surface area contributed by atoms with Gasteiger partial charge in [0.2, 0.25) is 0 Å². The molecule has 3 N–H and O–H groups in total. The minimum absolute atomic E-state index is 0.174. The number of nitrogens with zero attached hydrogens (tertiary/aromatic N) is 1. The third-order valence-electron chi connectivity index (χ3n) is 2.28. The highest BCUT2D eigenvalue weighted by Crippen LogP contribution is 2.17. The molecule has 0 atom stereocenters. The van der Waals surface area contributed by atoms with Gasteiger partial charge < -0.3 is 10.8 Å². The Morgan fingerprint density at radius 3 is 2.60 bits per heavy atom. The molecule has 0 heterocycles. The number of carbonyl (C=O) groups is 1. The van der Waals surface area contributed by atoms with Gasteiger partial charge >= 0.3 is 5.97 Å². The van der Waals surface area contributed by atoms with Gasteiger partial charge in [-0.2, -0.15) is 5.26 Å². The number of carboxylic acid groups (broad SMARTS) is 1. The van der Waals surface area contributed by atoms with E-state index in [1.54, 1.807) is 6.07 Å². The summed E-state index contributed by atoms with van der Waals surface area (Å²) in [7, 11) is 0. The van der Waals surface area contributed by atoms with E-state index in [4.69, 9.17) is 16.1 Å². The van der Waals surface area contributed by atoms with Gasteiger partial charge in [0.25, 0.3) is 0 Å². The molecule has 0 fully saturated rings. The molecule has 1 rings (SSSR count). The van der Waals surface area contributed by atoms with E-state index in [-0.39, 0.29) is 12.1 Å². The standard InChI is InChI=1S/C11H12N2O2/c1-2-7-3-8(5-12)9(6-13)4-10(7)11(14)15/h3-4H,2,6,13H2,1H3,(H,14,15). The van der Waals surface area contributed by atoms with Crippen LogP contribution in [0.1, 0.15) is 34.0 Å². The molecule has 0 saturated heterocycles. The van der Waals surface area contributed by atoms with Crippen LogP contribution in [0.25, 0.3) is 0 Å². The lowest BCUT2D eigenvalue weighted by molar-refractivity contribution is 0.0695. The maximum atomic E-state index is 10.9. The van der Waals surface area contributed by atoms with E-state index < -0.39 is 5.97 Å². The van der Waals surface area contributed by atoms with E-state index in [2.05, 4.69) is 0 Å². The molecule has 4 heteroatoms. The summed E-state index contributed by atoms with van der Waals surface area (Å²) in [5, 5.41) is 17.8. The number of carboxylic acids is 1. The molecular weight excluding hydrogens is 192 g/mol. The molecule has 0 aliphatic carbocycles. The van der Waals surface area contributed by atoms with Crippen LogP contribution < -0.4 is 5.73 Å². The number of rotatable bonds is 3. The number of nitrogens with two attached hydrogens (primary N) is 1. The first kappa shape index (κ1) is 11.2. The molecule has 0 aliphatic rings. The second-order valence-corrected chi connectivity index (χ2v) is 3.14. The summed E-state index contributed by atoms with van der Waals surface area (Å²) < 4.78 is 0. The zero-order chi connectivity index (χ0) is 11.4. The molecular formula is C11H12N2O2. The van der Waals surface area contributed by atoms with Crippen LogP contribution >= 0.6 is 0 Å².